The molecule has 3 aromatic rings. The molecule has 0 amide bonds. The van der Waals surface area contributed by atoms with Crippen LogP contribution in [0.2, 0.25) is 0 Å². The average Bonchev–Trinajstić information content (AvgIpc) is 3.02. The molecule has 3 aromatic carbocycles. The molecular weight excluding hydrogens is 548 g/mol. The van der Waals surface area contributed by atoms with E-state index in [1.807, 2.05) is 60.7 Å². The van der Waals surface area contributed by atoms with Gasteiger partial charge in [-0.2, -0.15) is 0 Å². The second kappa shape index (κ2) is 20.2. The van der Waals surface area contributed by atoms with Crippen LogP contribution in [0.4, 0.5) is 22.7 Å². The Morgan fingerprint density at radius 2 is 1.00 bits per heavy atom. The summed E-state index contributed by atoms with van der Waals surface area (Å²) in [6.45, 7) is 2.26. The van der Waals surface area contributed by atoms with Gasteiger partial charge in [-0.05, 0) is 48.7 Å². The van der Waals surface area contributed by atoms with Crippen molar-refractivity contribution in [3.05, 3.63) is 83.4 Å². The van der Waals surface area contributed by atoms with Crippen LogP contribution in [0, 0.1) is 0 Å². The van der Waals surface area contributed by atoms with Crippen LogP contribution in [0.3, 0.4) is 0 Å². The Hall–Kier alpha value is -3.80. The quantitative estimate of drug-likeness (QED) is 0.0808. The Kier molecular flexibility index (Phi) is 15.9. The van der Waals surface area contributed by atoms with Gasteiger partial charge < -0.3 is 20.8 Å². The van der Waals surface area contributed by atoms with Gasteiger partial charge in [-0.1, -0.05) is 140 Å². The molecule has 0 aliphatic heterocycles. The molecule has 0 spiro atoms. The van der Waals surface area contributed by atoms with E-state index in [0.717, 1.165) is 19.3 Å². The molecule has 0 saturated heterocycles. The summed E-state index contributed by atoms with van der Waals surface area (Å²) in [5, 5.41) is 27.0. The van der Waals surface area contributed by atoms with Crippen molar-refractivity contribution in [3.63, 3.8) is 0 Å². The summed E-state index contributed by atoms with van der Waals surface area (Å²) < 4.78 is 0. The molecule has 0 atom stereocenters. The number of benzene rings is 3. The maximum Gasteiger partial charge on any atom is 0.338 e. The minimum Gasteiger partial charge on any atom is -0.478 e. The predicted octanol–water partition coefficient (Wildman–Crippen LogP) is 11.4. The lowest BCUT2D eigenvalue weighted by atomic mass is 9.93. The van der Waals surface area contributed by atoms with Crippen LogP contribution >= 0.6 is 0 Å². The molecule has 4 N–H and O–H groups in total. The van der Waals surface area contributed by atoms with E-state index in [-0.39, 0.29) is 16.8 Å². The Morgan fingerprint density at radius 1 is 0.568 bits per heavy atom. The van der Waals surface area contributed by atoms with Gasteiger partial charge in [0.05, 0.1) is 22.5 Å². The zero-order chi connectivity index (χ0) is 31.4. The van der Waals surface area contributed by atoms with Crippen LogP contribution < -0.4 is 10.6 Å². The van der Waals surface area contributed by atoms with Gasteiger partial charge in [0.15, 0.2) is 0 Å². The van der Waals surface area contributed by atoms with E-state index in [4.69, 9.17) is 0 Å². The maximum absolute atomic E-state index is 12.7. The number of rotatable bonds is 23. The molecule has 0 saturated carbocycles. The average molecular weight is 601 g/mol. The van der Waals surface area contributed by atoms with Crippen LogP contribution in [-0.4, -0.2) is 22.2 Å². The summed E-state index contributed by atoms with van der Waals surface area (Å²) in [5.41, 5.74) is 2.71. The Labute approximate surface area is 264 Å². The van der Waals surface area contributed by atoms with Crippen molar-refractivity contribution < 1.29 is 19.8 Å². The van der Waals surface area contributed by atoms with Gasteiger partial charge in [0.2, 0.25) is 0 Å². The molecule has 6 nitrogen and oxygen atoms in total. The molecule has 0 heterocycles. The number of aromatic carboxylic acids is 2. The number of carbonyl (C=O) groups is 2. The molecule has 0 aliphatic rings. The third kappa shape index (κ3) is 12.1. The number of carboxylic acid groups (broad SMARTS) is 2. The monoisotopic (exact) mass is 600 g/mol. The topological polar surface area (TPSA) is 98.7 Å². The lowest BCUT2D eigenvalue weighted by molar-refractivity contribution is 0.0682. The number of anilines is 4. The highest BCUT2D eigenvalue weighted by atomic mass is 16.4. The van der Waals surface area contributed by atoms with Gasteiger partial charge in [-0.3, -0.25) is 0 Å². The first kappa shape index (κ1) is 34.7. The van der Waals surface area contributed by atoms with Gasteiger partial charge in [0, 0.05) is 11.4 Å². The molecule has 0 aliphatic carbocycles. The first-order chi connectivity index (χ1) is 21.5. The molecule has 44 heavy (non-hydrogen) atoms. The van der Waals surface area contributed by atoms with Gasteiger partial charge in [0.25, 0.3) is 0 Å². The van der Waals surface area contributed by atoms with Crippen molar-refractivity contribution in [2.75, 3.05) is 10.6 Å². The van der Waals surface area contributed by atoms with Crippen LogP contribution in [0.25, 0.3) is 0 Å². The molecule has 0 unspecified atom stereocenters. The largest absolute Gasteiger partial charge is 0.478 e. The lowest BCUT2D eigenvalue weighted by Gasteiger charge is -2.21. The second-order valence-corrected chi connectivity index (χ2v) is 11.8. The Balaban J connectivity index is 1.58. The number of hydrogen-bond donors (Lipinski definition) is 4. The van der Waals surface area contributed by atoms with Crippen molar-refractivity contribution in [1.82, 2.24) is 0 Å². The summed E-state index contributed by atoms with van der Waals surface area (Å²) >= 11 is 0. The third-order valence-corrected chi connectivity index (χ3v) is 8.25. The predicted molar refractivity (Wildman–Crippen MR) is 183 cm³/mol. The summed E-state index contributed by atoms with van der Waals surface area (Å²) in [5.74, 6) is -2.19. The fourth-order valence-corrected chi connectivity index (χ4v) is 5.84. The molecule has 238 valence electrons. The van der Waals surface area contributed by atoms with Crippen LogP contribution in [0.15, 0.2) is 66.7 Å². The first-order valence-electron chi connectivity index (χ1n) is 16.8. The van der Waals surface area contributed by atoms with E-state index >= 15 is 0 Å². The molecule has 6 heteroatoms. The smallest absolute Gasteiger partial charge is 0.338 e. The van der Waals surface area contributed by atoms with E-state index in [1.54, 1.807) is 0 Å². The minimum absolute atomic E-state index is 0.0452. The van der Waals surface area contributed by atoms with E-state index < -0.39 is 11.9 Å². The molecule has 0 bridgehead atoms. The summed E-state index contributed by atoms with van der Waals surface area (Å²) in [4.78, 5) is 25.1. The highest BCUT2D eigenvalue weighted by Crippen LogP contribution is 2.36. The van der Waals surface area contributed by atoms with Crippen molar-refractivity contribution >= 4 is 34.7 Å². The number of para-hydroxylation sites is 2. The fraction of sp³-hybridized carbons (Fsp3) is 0.474. The van der Waals surface area contributed by atoms with Crippen molar-refractivity contribution in [3.8, 4) is 0 Å². The van der Waals surface area contributed by atoms with E-state index in [1.165, 1.54) is 89.5 Å². The number of nitrogens with one attached hydrogen (secondary N) is 2. The van der Waals surface area contributed by atoms with Gasteiger partial charge in [0.1, 0.15) is 0 Å². The summed E-state index contributed by atoms with van der Waals surface area (Å²) in [6, 6.07) is 20.0. The van der Waals surface area contributed by atoms with Gasteiger partial charge in [-0.15, -0.1) is 0 Å². The molecule has 3 rings (SSSR count). The number of unbranched alkanes of at least 4 members (excludes halogenated alkanes) is 15. The molecule has 0 fully saturated rings. The Morgan fingerprint density at radius 3 is 1.43 bits per heavy atom. The van der Waals surface area contributed by atoms with E-state index in [9.17, 15) is 19.8 Å². The van der Waals surface area contributed by atoms with Crippen molar-refractivity contribution in [1.29, 1.82) is 0 Å². The summed E-state index contributed by atoms with van der Waals surface area (Å²) in [7, 11) is 0. The van der Waals surface area contributed by atoms with Crippen LogP contribution in [0.1, 0.15) is 136 Å². The highest BCUT2D eigenvalue weighted by molar-refractivity contribution is 6.05. The zero-order valence-electron chi connectivity index (χ0n) is 26.6. The zero-order valence-corrected chi connectivity index (χ0v) is 26.6. The minimum atomic E-state index is -1.11. The van der Waals surface area contributed by atoms with Crippen LogP contribution in [-0.2, 0) is 6.42 Å². The van der Waals surface area contributed by atoms with Gasteiger partial charge in [-0.25, -0.2) is 9.59 Å². The third-order valence-electron chi connectivity index (χ3n) is 8.25. The van der Waals surface area contributed by atoms with E-state index in [0.29, 0.717) is 29.0 Å². The first-order valence-corrected chi connectivity index (χ1v) is 16.8. The molecule has 0 aromatic heterocycles. The normalized spacial score (nSPS) is 10.9. The van der Waals surface area contributed by atoms with Crippen molar-refractivity contribution in [2.24, 2.45) is 0 Å². The SMILES string of the molecule is CCCCCCCCCCCCCCCCCCc1c(Nc2ccccc2)c(C(=O)O)cc(Nc2ccccc2)c1C(=O)O. The maximum atomic E-state index is 12.7. The molecular formula is C38H52N2O4. The van der Waals surface area contributed by atoms with E-state index in [2.05, 4.69) is 17.6 Å². The Bertz CT molecular complexity index is 1260. The number of hydrogen-bond acceptors (Lipinski definition) is 4. The van der Waals surface area contributed by atoms with Crippen LogP contribution in [0.5, 0.6) is 0 Å². The fourth-order valence-electron chi connectivity index (χ4n) is 5.84. The van der Waals surface area contributed by atoms with Gasteiger partial charge >= 0.3 is 11.9 Å². The number of carboxylic acids is 2. The standard InChI is InChI=1S/C38H52N2O4/c1-2-3-4-5-6-7-8-9-10-11-12-13-14-15-16-23-28-32-35(38(43)44)34(39-30-24-19-17-20-25-30)29-33(37(41)42)36(32)40-31-26-21-18-22-27-31/h17-22,24-27,29,39-40H,2-16,23,28H2,1H3,(H,41,42)(H,43,44). The molecule has 0 radical (unpaired) electrons. The highest BCUT2D eigenvalue weighted by Gasteiger charge is 2.25. The van der Waals surface area contributed by atoms with Crippen molar-refractivity contribution in [2.45, 2.75) is 116 Å². The lowest BCUT2D eigenvalue weighted by Crippen LogP contribution is -2.14. The summed E-state index contributed by atoms with van der Waals surface area (Å²) in [6.07, 6.45) is 20.6. The second-order valence-electron chi connectivity index (χ2n) is 11.8.